The van der Waals surface area contributed by atoms with Crippen LogP contribution < -0.4 is 4.74 Å². The Bertz CT molecular complexity index is 643. The number of ether oxygens (including phenoxy) is 5. The van der Waals surface area contributed by atoms with Gasteiger partial charge in [-0.3, -0.25) is 10.1 Å². The molecule has 0 bridgehead atoms. The van der Waals surface area contributed by atoms with Crippen molar-refractivity contribution in [2.24, 2.45) is 0 Å². The summed E-state index contributed by atoms with van der Waals surface area (Å²) in [6, 6.07) is 5.10. The third-order valence-corrected chi connectivity index (χ3v) is 3.73. The molecule has 2 rings (SSSR count). The van der Waals surface area contributed by atoms with E-state index in [9.17, 15) is 14.9 Å². The van der Waals surface area contributed by atoms with Crippen molar-refractivity contribution in [1.82, 2.24) is 0 Å². The summed E-state index contributed by atoms with van der Waals surface area (Å²) in [6.45, 7) is 7.94. The average molecular weight is 383 g/mol. The zero-order valence-electron chi connectivity index (χ0n) is 15.9. The number of non-ortho nitro benzene ring substituents is 1. The molecule has 2 atom stereocenters. The standard InChI is InChI=1S/C18H25NO8/c1-12(2)25-16(26-15-9-18(3,4)24-10-15)11-23-17(20)27-14-7-5-13(6-8-14)19(21)22/h5-8,12,15-16H,9-11H2,1-4H3. The first kappa shape index (κ1) is 21.1. The number of nitro benzene ring substituents is 1. The Balaban J connectivity index is 1.84. The van der Waals surface area contributed by atoms with Gasteiger partial charge in [0.1, 0.15) is 12.4 Å². The molecule has 0 radical (unpaired) electrons. The predicted molar refractivity (Wildman–Crippen MR) is 94.6 cm³/mol. The van der Waals surface area contributed by atoms with Gasteiger partial charge in [-0.1, -0.05) is 0 Å². The van der Waals surface area contributed by atoms with Crippen molar-refractivity contribution >= 4 is 11.8 Å². The highest BCUT2D eigenvalue weighted by molar-refractivity contribution is 5.64. The van der Waals surface area contributed by atoms with Gasteiger partial charge in [0, 0.05) is 18.6 Å². The normalized spacial score (nSPS) is 19.7. The monoisotopic (exact) mass is 383 g/mol. The van der Waals surface area contributed by atoms with Crippen LogP contribution in [0.25, 0.3) is 0 Å². The van der Waals surface area contributed by atoms with Crippen LogP contribution in [0.15, 0.2) is 24.3 Å². The van der Waals surface area contributed by atoms with E-state index in [4.69, 9.17) is 23.7 Å². The lowest BCUT2D eigenvalue weighted by Gasteiger charge is -2.23. The molecule has 1 aromatic rings. The lowest BCUT2D eigenvalue weighted by Crippen LogP contribution is -2.33. The maximum Gasteiger partial charge on any atom is 0.514 e. The summed E-state index contributed by atoms with van der Waals surface area (Å²) < 4.78 is 27.2. The van der Waals surface area contributed by atoms with E-state index in [0.717, 1.165) is 0 Å². The SMILES string of the molecule is CC(C)OC(COC(=O)Oc1ccc([N+](=O)[O-])cc1)OC1COC(C)(C)C1. The molecule has 0 amide bonds. The maximum atomic E-state index is 11.8. The van der Waals surface area contributed by atoms with Crippen LogP contribution >= 0.6 is 0 Å². The van der Waals surface area contributed by atoms with Crippen molar-refractivity contribution < 1.29 is 33.4 Å². The molecule has 1 heterocycles. The van der Waals surface area contributed by atoms with Crippen molar-refractivity contribution in [1.29, 1.82) is 0 Å². The summed E-state index contributed by atoms with van der Waals surface area (Å²) in [5, 5.41) is 10.6. The summed E-state index contributed by atoms with van der Waals surface area (Å²) in [5.41, 5.74) is -0.362. The largest absolute Gasteiger partial charge is 0.514 e. The van der Waals surface area contributed by atoms with Crippen molar-refractivity contribution in [3.63, 3.8) is 0 Å². The van der Waals surface area contributed by atoms with Crippen LogP contribution in [0.5, 0.6) is 5.75 Å². The molecule has 1 aliphatic rings. The van der Waals surface area contributed by atoms with E-state index >= 15 is 0 Å². The van der Waals surface area contributed by atoms with Crippen LogP contribution in [-0.4, -0.2) is 48.4 Å². The second kappa shape index (κ2) is 9.12. The minimum absolute atomic E-state index is 0.101. The number of rotatable bonds is 8. The lowest BCUT2D eigenvalue weighted by molar-refractivity contribution is -0.384. The molecule has 0 aromatic heterocycles. The van der Waals surface area contributed by atoms with Gasteiger partial charge in [-0.05, 0) is 39.8 Å². The molecule has 0 saturated carbocycles. The Morgan fingerprint density at radius 1 is 1.33 bits per heavy atom. The molecule has 0 N–H and O–H groups in total. The van der Waals surface area contributed by atoms with E-state index in [1.54, 1.807) is 0 Å². The minimum atomic E-state index is -0.951. The second-order valence-corrected chi connectivity index (χ2v) is 7.06. The molecule has 1 fully saturated rings. The number of benzene rings is 1. The maximum absolute atomic E-state index is 11.8. The van der Waals surface area contributed by atoms with Crippen LogP contribution in [0.1, 0.15) is 34.1 Å². The predicted octanol–water partition coefficient (Wildman–Crippen LogP) is 3.45. The van der Waals surface area contributed by atoms with Crippen LogP contribution in [-0.2, 0) is 18.9 Å². The first-order chi connectivity index (χ1) is 12.6. The Hall–Kier alpha value is -2.23. The zero-order chi connectivity index (χ0) is 20.0. The van der Waals surface area contributed by atoms with Crippen molar-refractivity contribution in [2.75, 3.05) is 13.2 Å². The Labute approximate surface area is 157 Å². The molecular formula is C18H25NO8. The van der Waals surface area contributed by atoms with E-state index in [2.05, 4.69) is 0 Å². The number of carbonyl (C=O) groups is 1. The van der Waals surface area contributed by atoms with E-state index in [0.29, 0.717) is 13.0 Å². The first-order valence-corrected chi connectivity index (χ1v) is 8.68. The molecule has 27 heavy (non-hydrogen) atoms. The Kier molecular flexibility index (Phi) is 7.11. The third kappa shape index (κ3) is 7.12. The van der Waals surface area contributed by atoms with Crippen molar-refractivity contribution in [3.8, 4) is 5.75 Å². The van der Waals surface area contributed by atoms with E-state index in [1.807, 2.05) is 27.7 Å². The molecule has 0 spiro atoms. The van der Waals surface area contributed by atoms with Crippen LogP contribution in [0.3, 0.4) is 0 Å². The number of hydrogen-bond acceptors (Lipinski definition) is 8. The van der Waals surface area contributed by atoms with E-state index < -0.39 is 17.4 Å². The van der Waals surface area contributed by atoms with Gasteiger partial charge in [-0.2, -0.15) is 0 Å². The van der Waals surface area contributed by atoms with Gasteiger partial charge in [-0.15, -0.1) is 0 Å². The van der Waals surface area contributed by atoms with Crippen molar-refractivity contribution in [3.05, 3.63) is 34.4 Å². The van der Waals surface area contributed by atoms with Gasteiger partial charge < -0.3 is 23.7 Å². The van der Waals surface area contributed by atoms with Crippen LogP contribution in [0, 0.1) is 10.1 Å². The average Bonchev–Trinajstić information content (AvgIpc) is 2.91. The lowest BCUT2D eigenvalue weighted by atomic mass is 10.1. The Morgan fingerprint density at radius 3 is 2.52 bits per heavy atom. The zero-order valence-corrected chi connectivity index (χ0v) is 15.9. The van der Waals surface area contributed by atoms with E-state index in [-0.39, 0.29) is 35.9 Å². The second-order valence-electron chi connectivity index (χ2n) is 7.06. The van der Waals surface area contributed by atoms with Crippen LogP contribution in [0.4, 0.5) is 10.5 Å². The smallest absolute Gasteiger partial charge is 0.429 e. The summed E-state index contributed by atoms with van der Waals surface area (Å²) in [4.78, 5) is 21.9. The molecule has 150 valence electrons. The fraction of sp³-hybridized carbons (Fsp3) is 0.611. The highest BCUT2D eigenvalue weighted by atomic mass is 16.8. The van der Waals surface area contributed by atoms with Crippen LogP contribution in [0.2, 0.25) is 0 Å². The molecular weight excluding hydrogens is 358 g/mol. The van der Waals surface area contributed by atoms with Gasteiger partial charge in [0.2, 0.25) is 0 Å². The third-order valence-electron chi connectivity index (χ3n) is 3.73. The van der Waals surface area contributed by atoms with Gasteiger partial charge in [0.25, 0.3) is 5.69 Å². The molecule has 9 heteroatoms. The molecule has 1 aromatic carbocycles. The molecule has 2 unspecified atom stereocenters. The molecule has 1 aliphatic heterocycles. The van der Waals surface area contributed by atoms with Gasteiger partial charge >= 0.3 is 6.16 Å². The molecule has 1 saturated heterocycles. The fourth-order valence-corrected chi connectivity index (χ4v) is 2.60. The fourth-order valence-electron chi connectivity index (χ4n) is 2.60. The number of nitro groups is 1. The van der Waals surface area contributed by atoms with E-state index in [1.165, 1.54) is 24.3 Å². The topological polar surface area (TPSA) is 106 Å². The summed E-state index contributed by atoms with van der Waals surface area (Å²) in [6.07, 6.45) is -1.28. The first-order valence-electron chi connectivity index (χ1n) is 8.68. The summed E-state index contributed by atoms with van der Waals surface area (Å²) in [5.74, 6) is 0.138. The Morgan fingerprint density at radius 2 is 2.00 bits per heavy atom. The summed E-state index contributed by atoms with van der Waals surface area (Å²) >= 11 is 0. The number of hydrogen-bond donors (Lipinski definition) is 0. The van der Waals surface area contributed by atoms with Gasteiger partial charge in [-0.25, -0.2) is 4.79 Å². The van der Waals surface area contributed by atoms with Gasteiger partial charge in [0.05, 0.1) is 29.3 Å². The molecule has 9 nitrogen and oxygen atoms in total. The number of carbonyl (C=O) groups excluding carboxylic acids is 1. The minimum Gasteiger partial charge on any atom is -0.429 e. The molecule has 0 aliphatic carbocycles. The highest BCUT2D eigenvalue weighted by Crippen LogP contribution is 2.27. The quantitative estimate of drug-likeness (QED) is 0.221. The number of nitrogens with zero attached hydrogens (tertiary/aromatic N) is 1. The summed E-state index contributed by atoms with van der Waals surface area (Å²) in [7, 11) is 0. The van der Waals surface area contributed by atoms with Crippen molar-refractivity contribution in [2.45, 2.75) is 58.2 Å². The van der Waals surface area contributed by atoms with Gasteiger partial charge in [0.15, 0.2) is 6.29 Å². The highest BCUT2D eigenvalue weighted by Gasteiger charge is 2.34.